The van der Waals surface area contributed by atoms with Crippen molar-refractivity contribution < 1.29 is 4.74 Å². The summed E-state index contributed by atoms with van der Waals surface area (Å²) >= 11 is 7.99. The number of pyridine rings is 1. The highest BCUT2D eigenvalue weighted by atomic mass is 127. The summed E-state index contributed by atoms with van der Waals surface area (Å²) in [6, 6.07) is 1.69. The zero-order valence-electron chi connectivity index (χ0n) is 7.58. The van der Waals surface area contributed by atoms with Crippen LogP contribution in [0.2, 0.25) is 5.15 Å². The first kappa shape index (κ1) is 9.97. The fourth-order valence-corrected chi connectivity index (χ4v) is 2.31. The van der Waals surface area contributed by atoms with Crippen LogP contribution in [-0.4, -0.2) is 21.9 Å². The topological polar surface area (TPSA) is 39.9 Å². The molecule has 14 heavy (non-hydrogen) atoms. The van der Waals surface area contributed by atoms with E-state index < -0.39 is 0 Å². The van der Waals surface area contributed by atoms with Crippen LogP contribution >= 0.6 is 34.2 Å². The third-order valence-electron chi connectivity index (χ3n) is 1.90. The second-order valence-corrected chi connectivity index (χ2v) is 4.17. The van der Waals surface area contributed by atoms with Crippen LogP contribution in [0.15, 0.2) is 6.07 Å². The Morgan fingerprint density at radius 3 is 2.93 bits per heavy atom. The molecule has 2 aromatic heterocycles. The van der Waals surface area contributed by atoms with Crippen LogP contribution in [0.4, 0.5) is 0 Å². The maximum Gasteiger partial charge on any atom is 0.164 e. The van der Waals surface area contributed by atoms with E-state index in [2.05, 4.69) is 32.7 Å². The maximum atomic E-state index is 5.85. The number of halogens is 2. The van der Waals surface area contributed by atoms with Crippen LogP contribution < -0.4 is 4.74 Å². The average Bonchev–Trinajstić information content (AvgIpc) is 2.41. The highest BCUT2D eigenvalue weighted by Crippen LogP contribution is 2.30. The molecule has 0 saturated heterocycles. The maximum absolute atomic E-state index is 5.85. The number of methoxy groups -OCH3 is 1. The Bertz CT molecular complexity index is 497. The zero-order chi connectivity index (χ0) is 10.3. The van der Waals surface area contributed by atoms with Crippen molar-refractivity contribution in [1.29, 1.82) is 0 Å². The quantitative estimate of drug-likeness (QED) is 0.597. The molecule has 0 atom stereocenters. The van der Waals surface area contributed by atoms with Gasteiger partial charge in [0.2, 0.25) is 0 Å². The van der Waals surface area contributed by atoms with Gasteiger partial charge in [-0.05, 0) is 22.6 Å². The SMILES string of the molecule is COc1cc(Cl)nc2c1c(I)nn2C. The second-order valence-electron chi connectivity index (χ2n) is 2.76. The number of hydrogen-bond acceptors (Lipinski definition) is 3. The van der Waals surface area contributed by atoms with Gasteiger partial charge in [0.05, 0.1) is 12.5 Å². The van der Waals surface area contributed by atoms with E-state index >= 15 is 0 Å². The van der Waals surface area contributed by atoms with Crippen LogP contribution in [-0.2, 0) is 7.05 Å². The van der Waals surface area contributed by atoms with E-state index in [0.717, 1.165) is 14.7 Å². The molecule has 0 unspecified atom stereocenters. The lowest BCUT2D eigenvalue weighted by Crippen LogP contribution is -1.93. The van der Waals surface area contributed by atoms with Crippen molar-refractivity contribution in [2.45, 2.75) is 0 Å². The van der Waals surface area contributed by atoms with Crippen LogP contribution in [0.5, 0.6) is 5.75 Å². The number of ether oxygens (including phenoxy) is 1. The van der Waals surface area contributed by atoms with Crippen molar-refractivity contribution in [2.24, 2.45) is 7.05 Å². The minimum atomic E-state index is 0.411. The normalized spacial score (nSPS) is 10.9. The Morgan fingerprint density at radius 2 is 2.29 bits per heavy atom. The fourth-order valence-electron chi connectivity index (χ4n) is 1.30. The van der Waals surface area contributed by atoms with Gasteiger partial charge in [-0.2, -0.15) is 5.10 Å². The first-order valence-electron chi connectivity index (χ1n) is 3.86. The van der Waals surface area contributed by atoms with Crippen LogP contribution in [0.3, 0.4) is 0 Å². The summed E-state index contributed by atoms with van der Waals surface area (Å²) in [4.78, 5) is 4.19. The van der Waals surface area contributed by atoms with E-state index in [1.54, 1.807) is 17.9 Å². The Morgan fingerprint density at radius 1 is 1.57 bits per heavy atom. The van der Waals surface area contributed by atoms with Crippen molar-refractivity contribution >= 4 is 45.2 Å². The number of aryl methyl sites for hydroxylation is 1. The van der Waals surface area contributed by atoms with Crippen molar-refractivity contribution in [3.05, 3.63) is 14.9 Å². The highest BCUT2D eigenvalue weighted by molar-refractivity contribution is 14.1. The summed E-state index contributed by atoms with van der Waals surface area (Å²) in [5.74, 6) is 0.706. The number of hydrogen-bond donors (Lipinski definition) is 0. The van der Waals surface area contributed by atoms with E-state index in [-0.39, 0.29) is 0 Å². The molecular weight excluding hydrogens is 316 g/mol. The van der Waals surface area contributed by atoms with Gasteiger partial charge in [-0.1, -0.05) is 11.6 Å². The number of aromatic nitrogens is 3. The Hall–Kier alpha value is -0.560. The van der Waals surface area contributed by atoms with Crippen molar-refractivity contribution in [3.63, 3.8) is 0 Å². The van der Waals surface area contributed by atoms with Gasteiger partial charge in [0, 0.05) is 13.1 Å². The van der Waals surface area contributed by atoms with Crippen molar-refractivity contribution in [2.75, 3.05) is 7.11 Å². The van der Waals surface area contributed by atoms with Crippen molar-refractivity contribution in [3.8, 4) is 5.75 Å². The third-order valence-corrected chi connectivity index (χ3v) is 2.85. The minimum Gasteiger partial charge on any atom is -0.496 e. The predicted octanol–water partition coefficient (Wildman–Crippen LogP) is 2.23. The summed E-state index contributed by atoms with van der Waals surface area (Å²) in [7, 11) is 3.43. The molecule has 0 aliphatic carbocycles. The van der Waals surface area contributed by atoms with Gasteiger partial charge in [0.1, 0.15) is 14.6 Å². The number of rotatable bonds is 1. The number of fused-ring (bicyclic) bond motifs is 1. The fraction of sp³-hybridized carbons (Fsp3) is 0.250. The van der Waals surface area contributed by atoms with Crippen molar-refractivity contribution in [1.82, 2.24) is 14.8 Å². The van der Waals surface area contributed by atoms with Gasteiger partial charge < -0.3 is 4.74 Å². The molecule has 0 N–H and O–H groups in total. The first-order valence-corrected chi connectivity index (χ1v) is 5.32. The molecule has 0 spiro atoms. The monoisotopic (exact) mass is 323 g/mol. The molecule has 0 saturated carbocycles. The molecule has 0 aliphatic heterocycles. The molecule has 0 bridgehead atoms. The smallest absolute Gasteiger partial charge is 0.164 e. The van der Waals surface area contributed by atoms with Gasteiger partial charge in [-0.15, -0.1) is 0 Å². The summed E-state index contributed by atoms with van der Waals surface area (Å²) in [5.41, 5.74) is 0.735. The Kier molecular flexibility index (Phi) is 2.52. The van der Waals surface area contributed by atoms with Gasteiger partial charge in [0.15, 0.2) is 5.65 Å². The molecular formula is C8H7ClIN3O. The molecule has 0 aliphatic rings. The van der Waals surface area contributed by atoms with E-state index in [4.69, 9.17) is 16.3 Å². The highest BCUT2D eigenvalue weighted by Gasteiger charge is 2.13. The third kappa shape index (κ3) is 1.44. The van der Waals surface area contributed by atoms with Gasteiger partial charge >= 0.3 is 0 Å². The predicted molar refractivity (Wildman–Crippen MR) is 62.8 cm³/mol. The molecule has 2 aromatic rings. The minimum absolute atomic E-state index is 0.411. The number of nitrogens with zero attached hydrogens (tertiary/aromatic N) is 3. The summed E-state index contributed by atoms with van der Waals surface area (Å²) < 4.78 is 7.77. The lowest BCUT2D eigenvalue weighted by atomic mass is 10.3. The standard InChI is InChI=1S/C8H7ClIN3O/c1-13-8-6(7(10)12-13)4(14-2)3-5(9)11-8/h3H,1-2H3. The second kappa shape index (κ2) is 3.54. The van der Waals surface area contributed by atoms with Crippen LogP contribution in [0.25, 0.3) is 11.0 Å². The average molecular weight is 324 g/mol. The Labute approximate surface area is 99.3 Å². The molecule has 0 amide bonds. The van der Waals surface area contributed by atoms with Gasteiger partial charge in [0.25, 0.3) is 0 Å². The lowest BCUT2D eigenvalue weighted by Gasteiger charge is -2.01. The Balaban J connectivity index is 2.90. The molecule has 6 heteroatoms. The van der Waals surface area contributed by atoms with E-state index in [9.17, 15) is 0 Å². The molecule has 2 heterocycles. The van der Waals surface area contributed by atoms with Gasteiger partial charge in [-0.25, -0.2) is 9.67 Å². The van der Waals surface area contributed by atoms with E-state index in [0.29, 0.717) is 10.9 Å². The van der Waals surface area contributed by atoms with Gasteiger partial charge in [-0.3, -0.25) is 0 Å². The molecule has 0 aromatic carbocycles. The first-order chi connectivity index (χ1) is 6.63. The molecule has 0 radical (unpaired) electrons. The van der Waals surface area contributed by atoms with Crippen LogP contribution in [0, 0.1) is 3.70 Å². The van der Waals surface area contributed by atoms with Crippen LogP contribution in [0.1, 0.15) is 0 Å². The van der Waals surface area contributed by atoms with E-state index in [1.807, 2.05) is 7.05 Å². The largest absolute Gasteiger partial charge is 0.496 e. The summed E-state index contributed by atoms with van der Waals surface area (Å²) in [6.07, 6.45) is 0. The summed E-state index contributed by atoms with van der Waals surface area (Å²) in [5, 5.41) is 5.56. The lowest BCUT2D eigenvalue weighted by molar-refractivity contribution is 0.419. The molecule has 2 rings (SSSR count). The zero-order valence-corrected chi connectivity index (χ0v) is 10.5. The summed E-state index contributed by atoms with van der Waals surface area (Å²) in [6.45, 7) is 0. The molecule has 74 valence electrons. The molecule has 0 fully saturated rings. The van der Waals surface area contributed by atoms with E-state index in [1.165, 1.54) is 0 Å². The molecule has 4 nitrogen and oxygen atoms in total.